The quantitative estimate of drug-likeness (QED) is 0.651. The van der Waals surface area contributed by atoms with E-state index in [1.807, 2.05) is 13.8 Å². The van der Waals surface area contributed by atoms with Crippen LogP contribution in [-0.2, 0) is 0 Å². The molecule has 3 nitrogen and oxygen atoms in total. The van der Waals surface area contributed by atoms with Gasteiger partial charge in [-0.15, -0.1) is 0 Å². The van der Waals surface area contributed by atoms with Gasteiger partial charge in [0.25, 0.3) is 0 Å². The molecule has 0 amide bonds. The van der Waals surface area contributed by atoms with Gasteiger partial charge in [0.1, 0.15) is 0 Å². The van der Waals surface area contributed by atoms with Crippen molar-refractivity contribution in [1.82, 2.24) is 0 Å². The van der Waals surface area contributed by atoms with Gasteiger partial charge in [0.15, 0.2) is 5.67 Å². The number of aliphatic hydroxyl groups is 3. The number of rotatable bonds is 4. The zero-order chi connectivity index (χ0) is 11.8. The highest BCUT2D eigenvalue weighted by atomic mass is 19.1. The predicted octanol–water partition coefficient (Wildman–Crippen LogP) is 1.11. The smallest absolute Gasteiger partial charge is 0.154 e. The summed E-state index contributed by atoms with van der Waals surface area (Å²) in [6.07, 6.45) is 1.05. The van der Waals surface area contributed by atoms with Gasteiger partial charge in [0.05, 0.1) is 13.2 Å². The molecule has 0 aromatic carbocycles. The van der Waals surface area contributed by atoms with Crippen LogP contribution in [0.4, 0.5) is 4.39 Å². The van der Waals surface area contributed by atoms with Crippen LogP contribution in [0.5, 0.6) is 0 Å². The van der Waals surface area contributed by atoms with E-state index in [0.29, 0.717) is 6.61 Å². The van der Waals surface area contributed by atoms with Crippen molar-refractivity contribution in [2.45, 2.75) is 39.8 Å². The van der Waals surface area contributed by atoms with Crippen molar-refractivity contribution in [3.63, 3.8) is 0 Å². The molecule has 0 bridgehead atoms. The molecule has 0 atom stereocenters. The largest absolute Gasteiger partial charge is 0.396 e. The van der Waals surface area contributed by atoms with Gasteiger partial charge in [-0.3, -0.25) is 0 Å². The number of alkyl halides is 1. The predicted molar refractivity (Wildman–Crippen MR) is 54.8 cm³/mol. The minimum Gasteiger partial charge on any atom is -0.396 e. The lowest BCUT2D eigenvalue weighted by atomic mass is 9.92. The van der Waals surface area contributed by atoms with E-state index in [-0.39, 0.29) is 5.41 Å². The molecule has 0 rings (SSSR count). The molecule has 0 spiro atoms. The first kappa shape index (κ1) is 16.2. The van der Waals surface area contributed by atoms with Gasteiger partial charge in [-0.2, -0.15) is 0 Å². The van der Waals surface area contributed by atoms with Crippen molar-refractivity contribution < 1.29 is 19.7 Å². The van der Waals surface area contributed by atoms with E-state index >= 15 is 0 Å². The van der Waals surface area contributed by atoms with Crippen LogP contribution in [0, 0.1) is 5.41 Å². The second-order valence-corrected chi connectivity index (χ2v) is 4.41. The van der Waals surface area contributed by atoms with E-state index in [9.17, 15) is 4.39 Å². The Kier molecular flexibility index (Phi) is 8.30. The Morgan fingerprint density at radius 1 is 0.929 bits per heavy atom. The van der Waals surface area contributed by atoms with E-state index in [1.54, 1.807) is 0 Å². The molecule has 0 heterocycles. The van der Waals surface area contributed by atoms with Crippen LogP contribution < -0.4 is 0 Å². The zero-order valence-corrected chi connectivity index (χ0v) is 9.55. The normalized spacial score (nSPS) is 12.0. The highest BCUT2D eigenvalue weighted by Crippen LogP contribution is 2.16. The van der Waals surface area contributed by atoms with Crippen LogP contribution >= 0.6 is 0 Å². The molecule has 0 saturated carbocycles. The lowest BCUT2D eigenvalue weighted by Crippen LogP contribution is -2.27. The van der Waals surface area contributed by atoms with Gasteiger partial charge in [0, 0.05) is 6.61 Å². The minimum atomic E-state index is -1.81. The summed E-state index contributed by atoms with van der Waals surface area (Å²) in [6.45, 7) is 6.36. The van der Waals surface area contributed by atoms with Crippen LogP contribution in [0.2, 0.25) is 0 Å². The molecule has 4 heteroatoms. The molecule has 3 N–H and O–H groups in total. The molecule has 0 aliphatic rings. The summed E-state index contributed by atoms with van der Waals surface area (Å²) >= 11 is 0. The van der Waals surface area contributed by atoms with Gasteiger partial charge in [-0.1, -0.05) is 20.8 Å². The summed E-state index contributed by atoms with van der Waals surface area (Å²) in [5.41, 5.74) is -1.67. The molecule has 0 aromatic rings. The summed E-state index contributed by atoms with van der Waals surface area (Å²) < 4.78 is 12.0. The maximum absolute atomic E-state index is 12.0. The lowest BCUT2D eigenvalue weighted by molar-refractivity contribution is 0.0312. The van der Waals surface area contributed by atoms with E-state index < -0.39 is 18.9 Å². The van der Waals surface area contributed by atoms with Crippen molar-refractivity contribution in [2.24, 2.45) is 5.41 Å². The summed E-state index contributed by atoms with van der Waals surface area (Å²) in [5, 5.41) is 24.7. The first-order valence-corrected chi connectivity index (χ1v) is 4.76. The molecule has 88 valence electrons. The molecule has 0 aliphatic heterocycles. The van der Waals surface area contributed by atoms with Crippen molar-refractivity contribution >= 4 is 0 Å². The Morgan fingerprint density at radius 3 is 1.29 bits per heavy atom. The lowest BCUT2D eigenvalue weighted by Gasteiger charge is -2.17. The highest BCUT2D eigenvalue weighted by molar-refractivity contribution is 4.68. The van der Waals surface area contributed by atoms with E-state index in [1.165, 1.54) is 0 Å². The monoisotopic (exact) mass is 210 g/mol. The fourth-order valence-corrected chi connectivity index (χ4v) is 0.162. The number of halogens is 1. The van der Waals surface area contributed by atoms with Gasteiger partial charge >= 0.3 is 0 Å². The third kappa shape index (κ3) is 9.89. The van der Waals surface area contributed by atoms with E-state index in [2.05, 4.69) is 6.92 Å². The Balaban J connectivity index is 0. The van der Waals surface area contributed by atoms with Crippen LogP contribution in [0.15, 0.2) is 0 Å². The fraction of sp³-hybridized carbons (Fsp3) is 1.00. The standard InChI is InChI=1S/C6H14O.C4H9FO2/c1-4-6(2,3)5-7;1-4(5,2-6)3-7/h7H,4-5H2,1-3H3;6-7H,2-3H2,1H3. The molecular formula is C10H23FO3. The Hall–Kier alpha value is -0.190. The summed E-state index contributed by atoms with van der Waals surface area (Å²) in [4.78, 5) is 0. The Morgan fingerprint density at radius 2 is 1.29 bits per heavy atom. The molecular weight excluding hydrogens is 187 g/mol. The Labute approximate surface area is 85.6 Å². The van der Waals surface area contributed by atoms with Crippen LogP contribution in [0.25, 0.3) is 0 Å². The minimum absolute atomic E-state index is 0.139. The van der Waals surface area contributed by atoms with Gasteiger partial charge in [0.2, 0.25) is 0 Å². The van der Waals surface area contributed by atoms with Crippen LogP contribution in [0.3, 0.4) is 0 Å². The van der Waals surface area contributed by atoms with E-state index in [0.717, 1.165) is 13.3 Å². The molecule has 14 heavy (non-hydrogen) atoms. The molecule has 0 unspecified atom stereocenters. The second kappa shape index (κ2) is 7.15. The Bertz CT molecular complexity index is 107. The molecule has 0 fully saturated rings. The topological polar surface area (TPSA) is 60.7 Å². The second-order valence-electron chi connectivity index (χ2n) is 4.41. The van der Waals surface area contributed by atoms with Crippen molar-refractivity contribution in [1.29, 1.82) is 0 Å². The van der Waals surface area contributed by atoms with Crippen molar-refractivity contribution in [2.75, 3.05) is 19.8 Å². The third-order valence-electron chi connectivity index (χ3n) is 2.04. The summed E-state index contributed by atoms with van der Waals surface area (Å²) in [6, 6.07) is 0. The SMILES string of the molecule is CC(F)(CO)CO.CCC(C)(C)CO. The number of hydrogen-bond acceptors (Lipinski definition) is 3. The summed E-state index contributed by atoms with van der Waals surface area (Å²) in [5.74, 6) is 0. The average Bonchev–Trinajstić information content (AvgIpc) is 2.19. The third-order valence-corrected chi connectivity index (χ3v) is 2.04. The first-order chi connectivity index (χ1) is 6.24. The fourth-order valence-electron chi connectivity index (χ4n) is 0.162. The average molecular weight is 210 g/mol. The van der Waals surface area contributed by atoms with Gasteiger partial charge in [-0.05, 0) is 18.8 Å². The van der Waals surface area contributed by atoms with Crippen molar-refractivity contribution in [3.05, 3.63) is 0 Å². The summed E-state index contributed by atoms with van der Waals surface area (Å²) in [7, 11) is 0. The van der Waals surface area contributed by atoms with Gasteiger partial charge < -0.3 is 15.3 Å². The van der Waals surface area contributed by atoms with Gasteiger partial charge in [-0.25, -0.2) is 4.39 Å². The molecule has 0 radical (unpaired) electrons. The number of hydrogen-bond donors (Lipinski definition) is 3. The van der Waals surface area contributed by atoms with Crippen LogP contribution in [0.1, 0.15) is 34.1 Å². The molecule has 0 saturated heterocycles. The highest BCUT2D eigenvalue weighted by Gasteiger charge is 2.19. The number of aliphatic hydroxyl groups excluding tert-OH is 3. The maximum Gasteiger partial charge on any atom is 0.154 e. The molecule has 0 aliphatic carbocycles. The van der Waals surface area contributed by atoms with Crippen molar-refractivity contribution in [3.8, 4) is 0 Å². The molecule has 0 aromatic heterocycles. The van der Waals surface area contributed by atoms with Crippen LogP contribution in [-0.4, -0.2) is 40.8 Å². The maximum atomic E-state index is 12.0. The van der Waals surface area contributed by atoms with E-state index in [4.69, 9.17) is 15.3 Å². The first-order valence-electron chi connectivity index (χ1n) is 4.76. The zero-order valence-electron chi connectivity index (χ0n) is 9.55.